The molecule has 0 spiro atoms. The van der Waals surface area contributed by atoms with E-state index in [1.165, 1.54) is 0 Å². The molecule has 4 nitrogen and oxygen atoms in total. The molecule has 1 aromatic carbocycles. The summed E-state index contributed by atoms with van der Waals surface area (Å²) in [7, 11) is 0. The molecule has 0 amide bonds. The van der Waals surface area contributed by atoms with Crippen molar-refractivity contribution in [1.29, 1.82) is 0 Å². The maximum Gasteiger partial charge on any atom is 0.338 e. The molecule has 20 heavy (non-hydrogen) atoms. The highest BCUT2D eigenvalue weighted by molar-refractivity contribution is 9.10. The molecule has 0 bridgehead atoms. The molecular formula is C15H18BrNO3. The lowest BCUT2D eigenvalue weighted by Gasteiger charge is -2.20. The Kier molecular flexibility index (Phi) is 5.47. The Morgan fingerprint density at radius 1 is 1.55 bits per heavy atom. The van der Waals surface area contributed by atoms with Gasteiger partial charge in [0.2, 0.25) is 0 Å². The standard InChI is InChI=1S/C15H18BrNO3/c1-2-19-15(18)11-6-7-14(13(16)9-11)17-10-12-5-3-4-8-20-12/h4,6-9,12,17H,2-3,5,10H2,1H3. The van der Waals surface area contributed by atoms with Gasteiger partial charge in [0.1, 0.15) is 6.10 Å². The zero-order chi connectivity index (χ0) is 14.4. The van der Waals surface area contributed by atoms with Crippen LogP contribution in [0.15, 0.2) is 35.0 Å². The predicted octanol–water partition coefficient (Wildman–Crippen LogP) is 3.73. The highest BCUT2D eigenvalue weighted by atomic mass is 79.9. The minimum atomic E-state index is -0.305. The number of hydrogen-bond acceptors (Lipinski definition) is 4. The van der Waals surface area contributed by atoms with Gasteiger partial charge >= 0.3 is 5.97 Å². The SMILES string of the molecule is CCOC(=O)c1ccc(NCC2CCC=CO2)c(Br)c1. The van der Waals surface area contributed by atoms with Crippen molar-refractivity contribution in [2.75, 3.05) is 18.5 Å². The molecule has 1 heterocycles. The normalized spacial score (nSPS) is 17.4. The number of hydrogen-bond donors (Lipinski definition) is 1. The van der Waals surface area contributed by atoms with Crippen LogP contribution in [0, 0.1) is 0 Å². The second kappa shape index (κ2) is 7.33. The number of ether oxygens (including phenoxy) is 2. The van der Waals surface area contributed by atoms with Crippen LogP contribution in [-0.4, -0.2) is 25.2 Å². The van der Waals surface area contributed by atoms with E-state index in [2.05, 4.69) is 21.2 Å². The van der Waals surface area contributed by atoms with Crippen molar-refractivity contribution in [3.63, 3.8) is 0 Å². The number of benzene rings is 1. The van der Waals surface area contributed by atoms with Crippen LogP contribution in [0.25, 0.3) is 0 Å². The van der Waals surface area contributed by atoms with Crippen LogP contribution in [-0.2, 0) is 9.47 Å². The lowest BCUT2D eigenvalue weighted by Crippen LogP contribution is -2.23. The summed E-state index contributed by atoms with van der Waals surface area (Å²) >= 11 is 3.47. The zero-order valence-electron chi connectivity index (χ0n) is 11.4. The molecule has 1 atom stereocenters. The van der Waals surface area contributed by atoms with E-state index >= 15 is 0 Å². The van der Waals surface area contributed by atoms with Gasteiger partial charge in [-0.05, 0) is 60.0 Å². The number of carbonyl (C=O) groups excluding carboxylic acids is 1. The Balaban J connectivity index is 1.95. The Morgan fingerprint density at radius 3 is 3.05 bits per heavy atom. The lowest BCUT2D eigenvalue weighted by molar-refractivity contribution is 0.0526. The van der Waals surface area contributed by atoms with Gasteiger partial charge < -0.3 is 14.8 Å². The molecule has 1 aliphatic rings. The van der Waals surface area contributed by atoms with Gasteiger partial charge in [0.15, 0.2) is 0 Å². The first-order chi connectivity index (χ1) is 9.70. The quantitative estimate of drug-likeness (QED) is 0.830. The van der Waals surface area contributed by atoms with Gasteiger partial charge in [-0.2, -0.15) is 0 Å². The fraction of sp³-hybridized carbons (Fsp3) is 0.400. The summed E-state index contributed by atoms with van der Waals surface area (Å²) < 4.78 is 11.3. The van der Waals surface area contributed by atoms with Gasteiger partial charge in [0.05, 0.1) is 25.0 Å². The molecule has 2 rings (SSSR count). The minimum Gasteiger partial charge on any atom is -0.497 e. The fourth-order valence-electron chi connectivity index (χ4n) is 1.96. The van der Waals surface area contributed by atoms with Crippen LogP contribution in [0.4, 0.5) is 5.69 Å². The maximum atomic E-state index is 11.6. The Bertz CT molecular complexity index is 502. The maximum absolute atomic E-state index is 11.6. The van der Waals surface area contributed by atoms with Gasteiger partial charge in [-0.15, -0.1) is 0 Å². The van der Waals surface area contributed by atoms with Gasteiger partial charge in [0.25, 0.3) is 0 Å². The van der Waals surface area contributed by atoms with Crippen molar-refractivity contribution in [2.24, 2.45) is 0 Å². The van der Waals surface area contributed by atoms with Gasteiger partial charge in [-0.25, -0.2) is 4.79 Å². The summed E-state index contributed by atoms with van der Waals surface area (Å²) in [5, 5.41) is 3.32. The third-order valence-corrected chi connectivity index (χ3v) is 3.68. The molecule has 1 aromatic rings. The van der Waals surface area contributed by atoms with E-state index in [0.717, 1.165) is 29.5 Å². The molecule has 0 aromatic heterocycles. The second-order valence-electron chi connectivity index (χ2n) is 4.50. The van der Waals surface area contributed by atoms with Crippen LogP contribution in [0.3, 0.4) is 0 Å². The summed E-state index contributed by atoms with van der Waals surface area (Å²) in [6, 6.07) is 5.39. The summed E-state index contributed by atoms with van der Waals surface area (Å²) in [5.74, 6) is -0.305. The first-order valence-corrected chi connectivity index (χ1v) is 7.51. The van der Waals surface area contributed by atoms with E-state index in [4.69, 9.17) is 9.47 Å². The van der Waals surface area contributed by atoms with Crippen molar-refractivity contribution >= 4 is 27.6 Å². The van der Waals surface area contributed by atoms with Crippen LogP contribution < -0.4 is 5.32 Å². The Hall–Kier alpha value is -1.49. The highest BCUT2D eigenvalue weighted by Crippen LogP contribution is 2.24. The lowest BCUT2D eigenvalue weighted by atomic mass is 10.1. The number of allylic oxidation sites excluding steroid dienone is 1. The summed E-state index contributed by atoms with van der Waals surface area (Å²) in [6.45, 7) is 2.91. The molecule has 1 unspecified atom stereocenters. The van der Waals surface area contributed by atoms with Crippen molar-refractivity contribution in [3.05, 3.63) is 40.6 Å². The smallest absolute Gasteiger partial charge is 0.338 e. The molecule has 0 aliphatic carbocycles. The van der Waals surface area contributed by atoms with E-state index in [0.29, 0.717) is 12.2 Å². The predicted molar refractivity (Wildman–Crippen MR) is 81.8 cm³/mol. The largest absolute Gasteiger partial charge is 0.497 e. The second-order valence-corrected chi connectivity index (χ2v) is 5.36. The van der Waals surface area contributed by atoms with Crippen LogP contribution in [0.2, 0.25) is 0 Å². The van der Waals surface area contributed by atoms with E-state index in [1.807, 2.05) is 12.1 Å². The highest BCUT2D eigenvalue weighted by Gasteiger charge is 2.13. The first kappa shape index (κ1) is 14.9. The van der Waals surface area contributed by atoms with Crippen molar-refractivity contribution in [1.82, 2.24) is 0 Å². The number of rotatable bonds is 5. The molecule has 0 fully saturated rings. The molecule has 108 valence electrons. The topological polar surface area (TPSA) is 47.6 Å². The van der Waals surface area contributed by atoms with Crippen LogP contribution in [0.5, 0.6) is 0 Å². The average molecular weight is 340 g/mol. The van der Waals surface area contributed by atoms with Crippen molar-refractivity contribution in [3.8, 4) is 0 Å². The average Bonchev–Trinajstić information content (AvgIpc) is 2.47. The molecule has 0 radical (unpaired) electrons. The number of carbonyl (C=O) groups is 1. The van der Waals surface area contributed by atoms with Crippen LogP contribution >= 0.6 is 15.9 Å². The monoisotopic (exact) mass is 339 g/mol. The Labute approximate surface area is 127 Å². The van der Waals surface area contributed by atoms with E-state index < -0.39 is 0 Å². The van der Waals surface area contributed by atoms with Gasteiger partial charge in [-0.3, -0.25) is 0 Å². The summed E-state index contributed by atoms with van der Waals surface area (Å²) in [4.78, 5) is 11.6. The summed E-state index contributed by atoms with van der Waals surface area (Å²) in [6.07, 6.45) is 6.05. The van der Waals surface area contributed by atoms with Crippen molar-refractivity contribution in [2.45, 2.75) is 25.9 Å². The molecule has 5 heteroatoms. The number of halogens is 1. The first-order valence-electron chi connectivity index (χ1n) is 6.71. The Morgan fingerprint density at radius 2 is 2.40 bits per heavy atom. The number of nitrogens with one attached hydrogen (secondary N) is 1. The molecular weight excluding hydrogens is 322 g/mol. The van der Waals surface area contributed by atoms with Crippen molar-refractivity contribution < 1.29 is 14.3 Å². The number of esters is 1. The molecule has 0 saturated heterocycles. The third kappa shape index (κ3) is 4.00. The molecule has 1 aliphatic heterocycles. The van der Waals surface area contributed by atoms with E-state index in [1.54, 1.807) is 25.3 Å². The third-order valence-electron chi connectivity index (χ3n) is 3.02. The summed E-state index contributed by atoms with van der Waals surface area (Å²) in [5.41, 5.74) is 1.48. The molecule has 1 N–H and O–H groups in total. The van der Waals surface area contributed by atoms with E-state index in [-0.39, 0.29) is 12.1 Å². The number of anilines is 1. The van der Waals surface area contributed by atoms with Crippen LogP contribution in [0.1, 0.15) is 30.1 Å². The van der Waals surface area contributed by atoms with Gasteiger partial charge in [0, 0.05) is 10.2 Å². The minimum absolute atomic E-state index is 0.191. The molecule has 0 saturated carbocycles. The zero-order valence-corrected chi connectivity index (χ0v) is 13.0. The fourth-order valence-corrected chi connectivity index (χ4v) is 2.48. The van der Waals surface area contributed by atoms with E-state index in [9.17, 15) is 4.79 Å². The van der Waals surface area contributed by atoms with Gasteiger partial charge in [-0.1, -0.05) is 0 Å².